The van der Waals surface area contributed by atoms with Crippen molar-refractivity contribution < 1.29 is 8.42 Å². The summed E-state index contributed by atoms with van der Waals surface area (Å²) in [5.41, 5.74) is 6.87. The van der Waals surface area contributed by atoms with Crippen LogP contribution in [-0.4, -0.2) is 45.5 Å². The third kappa shape index (κ3) is 4.21. The third-order valence-corrected chi connectivity index (χ3v) is 4.12. The molecule has 0 amide bonds. The van der Waals surface area contributed by atoms with Gasteiger partial charge in [-0.1, -0.05) is 0 Å². The van der Waals surface area contributed by atoms with Gasteiger partial charge >= 0.3 is 0 Å². The van der Waals surface area contributed by atoms with Gasteiger partial charge in [0.15, 0.2) is 0 Å². The van der Waals surface area contributed by atoms with Crippen molar-refractivity contribution in [3.63, 3.8) is 0 Å². The highest BCUT2D eigenvalue weighted by Crippen LogP contribution is 2.20. The summed E-state index contributed by atoms with van der Waals surface area (Å²) in [5.74, 6) is 0.171. The van der Waals surface area contributed by atoms with Crippen LogP contribution in [0, 0.1) is 0 Å². The fourth-order valence-corrected chi connectivity index (χ4v) is 2.83. The molecular formula is C10H18N2O2S2. The molecule has 0 bridgehead atoms. The highest BCUT2D eigenvalue weighted by Gasteiger charge is 2.16. The number of nitrogens with two attached hydrogens (primary N) is 1. The Morgan fingerprint density at radius 3 is 2.69 bits per heavy atom. The van der Waals surface area contributed by atoms with E-state index in [0.29, 0.717) is 13.1 Å². The molecule has 0 radical (unpaired) electrons. The molecule has 1 aromatic rings. The first-order valence-corrected chi connectivity index (χ1v) is 8.04. The normalized spacial score (nSPS) is 14.2. The topological polar surface area (TPSA) is 63.4 Å². The molecule has 1 heterocycles. The first-order valence-electron chi connectivity index (χ1n) is 5.04. The van der Waals surface area contributed by atoms with Crippen molar-refractivity contribution in [3.05, 3.63) is 22.4 Å². The van der Waals surface area contributed by atoms with Crippen molar-refractivity contribution in [3.8, 4) is 0 Å². The number of sulfone groups is 1. The van der Waals surface area contributed by atoms with Crippen LogP contribution in [0.15, 0.2) is 16.8 Å². The van der Waals surface area contributed by atoms with Crippen LogP contribution in [0.25, 0.3) is 0 Å². The van der Waals surface area contributed by atoms with Crippen molar-refractivity contribution in [2.75, 3.05) is 32.1 Å². The molecule has 0 aliphatic carbocycles. The highest BCUT2D eigenvalue weighted by molar-refractivity contribution is 7.90. The summed E-state index contributed by atoms with van der Waals surface area (Å²) in [6.07, 6.45) is 1.25. The van der Waals surface area contributed by atoms with E-state index in [0.717, 1.165) is 5.56 Å². The predicted octanol–water partition coefficient (Wildman–Crippen LogP) is 0.724. The van der Waals surface area contributed by atoms with Crippen LogP contribution >= 0.6 is 11.3 Å². The van der Waals surface area contributed by atoms with Gasteiger partial charge in [-0.3, -0.25) is 4.90 Å². The third-order valence-electron chi connectivity index (χ3n) is 2.50. The van der Waals surface area contributed by atoms with E-state index in [1.54, 1.807) is 11.3 Å². The van der Waals surface area contributed by atoms with Gasteiger partial charge in [-0.05, 0) is 29.4 Å². The maximum Gasteiger partial charge on any atom is 0.148 e. The fraction of sp³-hybridized carbons (Fsp3) is 0.600. The molecule has 1 rings (SSSR count). The van der Waals surface area contributed by atoms with Crippen molar-refractivity contribution in [1.82, 2.24) is 4.90 Å². The van der Waals surface area contributed by atoms with Gasteiger partial charge in [0.25, 0.3) is 0 Å². The largest absolute Gasteiger partial charge is 0.329 e. The van der Waals surface area contributed by atoms with Crippen LogP contribution < -0.4 is 5.73 Å². The Hall–Kier alpha value is -0.430. The molecule has 0 fully saturated rings. The Morgan fingerprint density at radius 2 is 2.25 bits per heavy atom. The van der Waals surface area contributed by atoms with E-state index in [-0.39, 0.29) is 11.8 Å². The number of thiophene rings is 1. The number of hydrogen-bond donors (Lipinski definition) is 1. The van der Waals surface area contributed by atoms with Crippen LogP contribution in [0.2, 0.25) is 0 Å². The van der Waals surface area contributed by atoms with E-state index in [9.17, 15) is 8.42 Å². The molecule has 92 valence electrons. The summed E-state index contributed by atoms with van der Waals surface area (Å²) in [6.45, 7) is 1.01. The molecule has 0 spiro atoms. The average molecular weight is 262 g/mol. The number of rotatable bonds is 6. The van der Waals surface area contributed by atoms with E-state index >= 15 is 0 Å². The molecule has 4 nitrogen and oxygen atoms in total. The minimum atomic E-state index is -2.91. The van der Waals surface area contributed by atoms with Crippen molar-refractivity contribution in [2.45, 2.75) is 6.04 Å². The first kappa shape index (κ1) is 13.6. The zero-order valence-corrected chi connectivity index (χ0v) is 11.2. The molecule has 0 saturated heterocycles. The second kappa shape index (κ2) is 5.77. The van der Waals surface area contributed by atoms with Crippen molar-refractivity contribution in [1.29, 1.82) is 0 Å². The summed E-state index contributed by atoms with van der Waals surface area (Å²) in [4.78, 5) is 1.99. The maximum atomic E-state index is 11.1. The summed E-state index contributed by atoms with van der Waals surface area (Å²) in [7, 11) is -1.01. The zero-order chi connectivity index (χ0) is 12.2. The number of nitrogens with zero attached hydrogens (tertiary/aromatic N) is 1. The summed E-state index contributed by atoms with van der Waals surface area (Å²) in [6, 6.07) is 2.13. The molecular weight excluding hydrogens is 244 g/mol. The van der Waals surface area contributed by atoms with Gasteiger partial charge in [0, 0.05) is 25.4 Å². The van der Waals surface area contributed by atoms with Gasteiger partial charge in [-0.2, -0.15) is 11.3 Å². The zero-order valence-electron chi connectivity index (χ0n) is 9.59. The Kier molecular flexibility index (Phi) is 4.91. The second-order valence-electron chi connectivity index (χ2n) is 3.92. The van der Waals surface area contributed by atoms with Crippen LogP contribution in [0.1, 0.15) is 11.6 Å². The summed E-state index contributed by atoms with van der Waals surface area (Å²) >= 11 is 1.62. The highest BCUT2D eigenvalue weighted by atomic mass is 32.2. The Morgan fingerprint density at radius 1 is 1.56 bits per heavy atom. The molecule has 1 atom stereocenters. The first-order chi connectivity index (χ1) is 7.44. The number of likely N-dealkylation sites (N-methyl/N-ethyl adjacent to an activating group) is 1. The van der Waals surface area contributed by atoms with Crippen LogP contribution in [0.5, 0.6) is 0 Å². The van der Waals surface area contributed by atoms with Crippen LogP contribution in [0.4, 0.5) is 0 Å². The quantitative estimate of drug-likeness (QED) is 0.820. The predicted molar refractivity (Wildman–Crippen MR) is 68.5 cm³/mol. The van der Waals surface area contributed by atoms with Crippen LogP contribution in [0.3, 0.4) is 0 Å². The van der Waals surface area contributed by atoms with Crippen molar-refractivity contribution in [2.24, 2.45) is 5.73 Å². The van der Waals surface area contributed by atoms with Gasteiger partial charge in [0.1, 0.15) is 9.84 Å². The molecule has 1 aromatic heterocycles. The fourth-order valence-electron chi connectivity index (χ4n) is 1.50. The SMILES string of the molecule is CN(CCS(C)(=O)=O)C(CN)c1ccsc1. The maximum absolute atomic E-state index is 11.1. The lowest BCUT2D eigenvalue weighted by atomic mass is 10.1. The van der Waals surface area contributed by atoms with E-state index in [1.165, 1.54) is 6.26 Å². The molecule has 0 saturated carbocycles. The minimum Gasteiger partial charge on any atom is -0.329 e. The summed E-state index contributed by atoms with van der Waals surface area (Å²) in [5, 5.41) is 4.05. The van der Waals surface area contributed by atoms with E-state index < -0.39 is 9.84 Å². The van der Waals surface area contributed by atoms with Gasteiger partial charge in [-0.15, -0.1) is 0 Å². The Balaban J connectivity index is 2.61. The molecule has 16 heavy (non-hydrogen) atoms. The lowest BCUT2D eigenvalue weighted by Gasteiger charge is -2.26. The molecule has 6 heteroatoms. The Bertz CT molecular complexity index is 400. The van der Waals surface area contributed by atoms with Crippen LogP contribution in [-0.2, 0) is 9.84 Å². The van der Waals surface area contributed by atoms with Gasteiger partial charge < -0.3 is 5.73 Å². The molecule has 1 unspecified atom stereocenters. The van der Waals surface area contributed by atoms with Gasteiger partial charge in [0.2, 0.25) is 0 Å². The molecule has 0 aliphatic heterocycles. The average Bonchev–Trinajstić information content (AvgIpc) is 2.68. The lowest BCUT2D eigenvalue weighted by molar-refractivity contribution is 0.265. The monoisotopic (exact) mass is 262 g/mol. The molecule has 0 aromatic carbocycles. The summed E-state index contributed by atoms with van der Waals surface area (Å²) < 4.78 is 22.2. The standard InChI is InChI=1S/C10H18N2O2S2/c1-12(4-6-16(2,13)14)10(7-11)9-3-5-15-8-9/h3,5,8,10H,4,6-7,11H2,1-2H3. The molecule has 0 aliphatic rings. The van der Waals surface area contributed by atoms with Crippen molar-refractivity contribution >= 4 is 21.2 Å². The minimum absolute atomic E-state index is 0.105. The van der Waals surface area contributed by atoms with E-state index in [2.05, 4.69) is 5.38 Å². The van der Waals surface area contributed by atoms with Gasteiger partial charge in [0.05, 0.1) is 5.75 Å². The number of hydrogen-bond acceptors (Lipinski definition) is 5. The molecule has 2 N–H and O–H groups in total. The lowest BCUT2D eigenvalue weighted by Crippen LogP contribution is -2.33. The Labute approximate surface area is 101 Å². The smallest absolute Gasteiger partial charge is 0.148 e. The van der Waals surface area contributed by atoms with E-state index in [4.69, 9.17) is 5.73 Å². The second-order valence-corrected chi connectivity index (χ2v) is 6.96. The van der Waals surface area contributed by atoms with Gasteiger partial charge in [-0.25, -0.2) is 8.42 Å². The van der Waals surface area contributed by atoms with E-state index in [1.807, 2.05) is 23.4 Å².